The van der Waals surface area contributed by atoms with Crippen molar-refractivity contribution >= 4 is 15.7 Å². The van der Waals surface area contributed by atoms with E-state index in [0.29, 0.717) is 5.56 Å². The Bertz CT molecular complexity index is 830. The molecule has 6 nitrogen and oxygen atoms in total. The third kappa shape index (κ3) is 3.94. The molecule has 0 fully saturated rings. The van der Waals surface area contributed by atoms with Gasteiger partial charge in [-0.15, -0.1) is 0 Å². The van der Waals surface area contributed by atoms with E-state index in [2.05, 4.69) is 4.72 Å². The molecule has 23 heavy (non-hydrogen) atoms. The summed E-state index contributed by atoms with van der Waals surface area (Å²) in [5, 5.41) is 11.0. The lowest BCUT2D eigenvalue weighted by Crippen LogP contribution is -2.27. The van der Waals surface area contributed by atoms with Crippen molar-refractivity contribution in [3.63, 3.8) is 0 Å². The Hall–Kier alpha value is -2.25. The monoisotopic (exact) mass is 334 g/mol. The highest BCUT2D eigenvalue weighted by Crippen LogP contribution is 2.23. The van der Waals surface area contributed by atoms with E-state index in [0.717, 1.165) is 17.2 Å². The van der Waals surface area contributed by atoms with Gasteiger partial charge in [0.2, 0.25) is 10.0 Å². The summed E-state index contributed by atoms with van der Waals surface area (Å²) in [6.07, 6.45) is 0. The van der Waals surface area contributed by atoms with Crippen molar-refractivity contribution in [1.29, 1.82) is 0 Å². The van der Waals surface area contributed by atoms with Crippen molar-refractivity contribution in [2.45, 2.75) is 31.7 Å². The Labute approximate surface area is 135 Å². The minimum Gasteiger partial charge on any atom is -0.258 e. The van der Waals surface area contributed by atoms with Gasteiger partial charge in [0.15, 0.2) is 0 Å². The number of rotatable bonds is 5. The molecule has 122 valence electrons. The normalized spacial score (nSPS) is 12.8. The molecule has 2 rings (SSSR count). The molecule has 0 aliphatic heterocycles. The summed E-state index contributed by atoms with van der Waals surface area (Å²) >= 11 is 0. The van der Waals surface area contributed by atoms with Gasteiger partial charge in [-0.2, -0.15) is 0 Å². The number of nitro groups is 1. The highest BCUT2D eigenvalue weighted by molar-refractivity contribution is 7.89. The molecule has 1 N–H and O–H groups in total. The van der Waals surface area contributed by atoms with E-state index < -0.39 is 21.0 Å². The molecule has 0 saturated heterocycles. The van der Waals surface area contributed by atoms with E-state index in [4.69, 9.17) is 0 Å². The van der Waals surface area contributed by atoms with Crippen LogP contribution in [0.15, 0.2) is 47.4 Å². The Morgan fingerprint density at radius 3 is 2.26 bits per heavy atom. The Kier molecular flexibility index (Phi) is 4.82. The first-order valence-corrected chi connectivity index (χ1v) is 8.53. The topological polar surface area (TPSA) is 89.3 Å². The van der Waals surface area contributed by atoms with Crippen molar-refractivity contribution in [2.75, 3.05) is 0 Å². The fourth-order valence-electron chi connectivity index (χ4n) is 2.18. The van der Waals surface area contributed by atoms with Gasteiger partial charge < -0.3 is 0 Å². The van der Waals surface area contributed by atoms with E-state index in [-0.39, 0.29) is 10.6 Å². The van der Waals surface area contributed by atoms with E-state index in [1.54, 1.807) is 13.8 Å². The summed E-state index contributed by atoms with van der Waals surface area (Å²) in [5.74, 6) is 0. The maximum atomic E-state index is 12.4. The van der Waals surface area contributed by atoms with Gasteiger partial charge in [-0.25, -0.2) is 13.1 Å². The van der Waals surface area contributed by atoms with Gasteiger partial charge in [-0.1, -0.05) is 35.9 Å². The summed E-state index contributed by atoms with van der Waals surface area (Å²) in [6.45, 7) is 5.24. The zero-order valence-electron chi connectivity index (χ0n) is 13.1. The van der Waals surface area contributed by atoms with E-state index in [1.807, 2.05) is 31.2 Å². The van der Waals surface area contributed by atoms with Crippen LogP contribution in [-0.4, -0.2) is 13.3 Å². The van der Waals surface area contributed by atoms with Crippen molar-refractivity contribution in [2.24, 2.45) is 0 Å². The maximum absolute atomic E-state index is 12.4. The third-order valence-electron chi connectivity index (χ3n) is 3.60. The minimum atomic E-state index is -3.85. The first kappa shape index (κ1) is 17.1. The summed E-state index contributed by atoms with van der Waals surface area (Å²) in [7, 11) is -3.85. The van der Waals surface area contributed by atoms with Gasteiger partial charge in [0.05, 0.1) is 9.82 Å². The molecule has 2 aromatic carbocycles. The van der Waals surface area contributed by atoms with Crippen molar-refractivity contribution in [3.8, 4) is 0 Å². The second-order valence-corrected chi connectivity index (χ2v) is 7.17. The number of sulfonamides is 1. The molecule has 0 heterocycles. The van der Waals surface area contributed by atoms with Crippen LogP contribution in [0.2, 0.25) is 0 Å². The molecule has 0 amide bonds. The van der Waals surface area contributed by atoms with Crippen LogP contribution < -0.4 is 4.72 Å². The van der Waals surface area contributed by atoms with Crippen LogP contribution >= 0.6 is 0 Å². The molecule has 0 aliphatic carbocycles. The predicted octanol–water partition coefficient (Wildman–Crippen LogP) is 3.25. The average Bonchev–Trinajstić information content (AvgIpc) is 2.47. The molecule has 0 unspecified atom stereocenters. The van der Waals surface area contributed by atoms with E-state index in [9.17, 15) is 18.5 Å². The quantitative estimate of drug-likeness (QED) is 0.671. The number of nitrogens with zero attached hydrogens (tertiary/aromatic N) is 1. The van der Waals surface area contributed by atoms with Crippen LogP contribution in [-0.2, 0) is 10.0 Å². The number of aryl methyl sites for hydroxylation is 2. The molecule has 0 aliphatic rings. The largest absolute Gasteiger partial charge is 0.273 e. The molecule has 0 aromatic heterocycles. The molecule has 0 saturated carbocycles. The highest BCUT2D eigenvalue weighted by Gasteiger charge is 2.22. The first-order chi connectivity index (χ1) is 10.7. The van der Waals surface area contributed by atoms with Gasteiger partial charge in [0.25, 0.3) is 5.69 Å². The van der Waals surface area contributed by atoms with Crippen LogP contribution in [0.4, 0.5) is 5.69 Å². The SMILES string of the molecule is Cc1ccc([C@H](C)NS(=O)(=O)c2ccc(C)c([N+](=O)[O-])c2)cc1. The Morgan fingerprint density at radius 1 is 1.09 bits per heavy atom. The second-order valence-electron chi connectivity index (χ2n) is 5.46. The highest BCUT2D eigenvalue weighted by atomic mass is 32.2. The predicted molar refractivity (Wildman–Crippen MR) is 87.7 cm³/mol. The number of benzene rings is 2. The van der Waals surface area contributed by atoms with Crippen LogP contribution in [0.5, 0.6) is 0 Å². The number of nitrogens with one attached hydrogen (secondary N) is 1. The fraction of sp³-hybridized carbons (Fsp3) is 0.250. The Morgan fingerprint density at radius 2 is 1.70 bits per heavy atom. The average molecular weight is 334 g/mol. The second kappa shape index (κ2) is 6.47. The third-order valence-corrected chi connectivity index (χ3v) is 5.14. The van der Waals surface area contributed by atoms with Gasteiger partial charge in [-0.3, -0.25) is 10.1 Å². The molecule has 0 spiro atoms. The molecule has 2 aromatic rings. The minimum absolute atomic E-state index is 0.117. The summed E-state index contributed by atoms with van der Waals surface area (Å²) < 4.78 is 27.4. The number of hydrogen-bond acceptors (Lipinski definition) is 4. The Balaban J connectivity index is 2.30. The van der Waals surface area contributed by atoms with Crippen LogP contribution in [0, 0.1) is 24.0 Å². The summed E-state index contributed by atoms with van der Waals surface area (Å²) in [4.78, 5) is 10.3. The van der Waals surface area contributed by atoms with E-state index in [1.165, 1.54) is 12.1 Å². The van der Waals surface area contributed by atoms with Gasteiger partial charge in [0, 0.05) is 17.7 Å². The maximum Gasteiger partial charge on any atom is 0.273 e. The summed E-state index contributed by atoms with van der Waals surface area (Å²) in [6, 6.07) is 10.9. The first-order valence-electron chi connectivity index (χ1n) is 7.04. The van der Waals surface area contributed by atoms with Crippen LogP contribution in [0.3, 0.4) is 0 Å². The van der Waals surface area contributed by atoms with Crippen LogP contribution in [0.1, 0.15) is 29.7 Å². The van der Waals surface area contributed by atoms with Gasteiger partial charge in [-0.05, 0) is 32.4 Å². The molecule has 7 heteroatoms. The van der Waals surface area contributed by atoms with Crippen molar-refractivity contribution in [1.82, 2.24) is 4.72 Å². The van der Waals surface area contributed by atoms with Gasteiger partial charge >= 0.3 is 0 Å². The zero-order chi connectivity index (χ0) is 17.2. The number of hydrogen-bond donors (Lipinski definition) is 1. The van der Waals surface area contributed by atoms with E-state index >= 15 is 0 Å². The lowest BCUT2D eigenvalue weighted by Gasteiger charge is -2.15. The fourth-order valence-corrected chi connectivity index (χ4v) is 3.43. The molecule has 0 radical (unpaired) electrons. The molecular formula is C16H18N2O4S. The molecule has 1 atom stereocenters. The standard InChI is InChI=1S/C16H18N2O4S/c1-11-4-7-14(8-5-11)13(3)17-23(21,22)15-9-6-12(2)16(10-15)18(19)20/h4-10,13,17H,1-3H3/t13-/m0/s1. The lowest BCUT2D eigenvalue weighted by molar-refractivity contribution is -0.385. The van der Waals surface area contributed by atoms with Crippen molar-refractivity contribution < 1.29 is 13.3 Å². The number of nitro benzene ring substituents is 1. The zero-order valence-corrected chi connectivity index (χ0v) is 13.9. The van der Waals surface area contributed by atoms with Gasteiger partial charge in [0.1, 0.15) is 0 Å². The molecular weight excluding hydrogens is 316 g/mol. The summed E-state index contributed by atoms with van der Waals surface area (Å²) in [5.41, 5.74) is 2.11. The smallest absolute Gasteiger partial charge is 0.258 e. The van der Waals surface area contributed by atoms with Crippen LogP contribution in [0.25, 0.3) is 0 Å². The van der Waals surface area contributed by atoms with Crippen molar-refractivity contribution in [3.05, 3.63) is 69.3 Å². The molecule has 0 bridgehead atoms. The lowest BCUT2D eigenvalue weighted by atomic mass is 10.1.